The van der Waals surface area contributed by atoms with Gasteiger partial charge in [-0.25, -0.2) is 0 Å². The van der Waals surface area contributed by atoms with Crippen LogP contribution in [0.4, 0.5) is 39.8 Å². The third kappa shape index (κ3) is 9.33. The lowest BCUT2D eigenvalue weighted by molar-refractivity contribution is 0.478. The lowest BCUT2D eigenvalue weighted by Crippen LogP contribution is -2.07. The van der Waals surface area contributed by atoms with E-state index in [0.29, 0.717) is 6.07 Å². The monoisotopic (exact) mass is 811 g/mol. The maximum absolute atomic E-state index is 12.2. The molecule has 4 aromatic rings. The minimum Gasteiger partial charge on any atom is -0.505 e. The molecule has 28 heteroatoms. The van der Waals surface area contributed by atoms with E-state index in [4.69, 9.17) is 29.8 Å². The van der Waals surface area contributed by atoms with Gasteiger partial charge in [-0.15, -0.1) is 33.1 Å². The van der Waals surface area contributed by atoms with Gasteiger partial charge in [0.1, 0.15) is 42.3 Å². The smallest absolute Gasteiger partial charge is 0.425 e. The lowest BCUT2D eigenvalue weighted by Gasteiger charge is -2.12. The van der Waals surface area contributed by atoms with Crippen LogP contribution in [-0.4, -0.2) is 69.6 Å². The molecule has 23 nitrogen and oxygen atoms in total. The number of aryl methyl sites for hydroxylation is 1. The topological polar surface area (TPSA) is 416 Å². The van der Waals surface area contributed by atoms with E-state index in [0.717, 1.165) is 30.3 Å². The number of rotatable bonds is 8. The fraction of sp³-hybridized carbons (Fsp3) is 0.0435. The molecule has 274 valence electrons. The molecule has 0 atom stereocenters. The Morgan fingerprint density at radius 1 is 0.569 bits per heavy atom. The fourth-order valence-corrected chi connectivity index (χ4v) is 6.79. The minimum absolute atomic E-state index is 0.0811. The Kier molecular flexibility index (Phi) is 11.2. The van der Waals surface area contributed by atoms with Gasteiger partial charge in [0.2, 0.25) is 0 Å². The van der Waals surface area contributed by atoms with Crippen LogP contribution in [0.15, 0.2) is 82.5 Å². The van der Waals surface area contributed by atoms with Gasteiger partial charge in [-0.2, -0.15) is 33.7 Å². The van der Waals surface area contributed by atoms with E-state index in [-0.39, 0.29) is 28.1 Å². The second kappa shape index (κ2) is 14.2. The molecule has 0 aliphatic rings. The molecule has 0 aliphatic heterocycles. The van der Waals surface area contributed by atoms with Gasteiger partial charge in [-0.3, -0.25) is 18.2 Å². The summed E-state index contributed by atoms with van der Waals surface area (Å²) < 4.78 is 159. The average molecular weight is 812 g/mol. The summed E-state index contributed by atoms with van der Waals surface area (Å²) >= 11 is 0. The number of fused-ring (bicyclic) bond motifs is 1. The molecule has 0 unspecified atom stereocenters. The Balaban J connectivity index is 0.00000166. The molecule has 0 aromatic heterocycles. The predicted octanol–water partition coefficient (Wildman–Crippen LogP) is 2.41. The molecule has 51 heavy (non-hydrogen) atoms. The lowest BCUT2D eigenvalue weighted by atomic mass is 10.1. The van der Waals surface area contributed by atoms with Gasteiger partial charge in [-0.1, -0.05) is 6.07 Å². The first-order valence-corrected chi connectivity index (χ1v) is 19.3. The van der Waals surface area contributed by atoms with Crippen LogP contribution in [0.25, 0.3) is 10.8 Å². The van der Waals surface area contributed by atoms with E-state index in [1.54, 1.807) is 0 Å². The van der Waals surface area contributed by atoms with Gasteiger partial charge in [0.25, 0.3) is 40.5 Å². The standard InChI is InChI=1S/C23H21N7O13S4.O3S/c1-9-4-17(45(35,36)37)14(6-11(9)24)28-27-13-3-2-10-5-19(47(41,42)43)22(21(26)20(10)23(13)31)30-29-15-7-12(25)16(44(32,33)34)8-18(15)46(38,39)40;1-4(2)3/h2-8,31H,24-26H2,1H3,(H,32,33,34)(H,35,36,37)(H,38,39,40)(H,41,42,43);. The molecule has 4 aromatic carbocycles. The largest absolute Gasteiger partial charge is 0.505 e. The van der Waals surface area contributed by atoms with Gasteiger partial charge in [-0.05, 0) is 54.3 Å². The third-order valence-electron chi connectivity index (χ3n) is 6.31. The highest BCUT2D eigenvalue weighted by atomic mass is 32.2. The van der Waals surface area contributed by atoms with Crippen LogP contribution in [0.3, 0.4) is 0 Å². The average Bonchev–Trinajstić information content (AvgIpc) is 2.94. The third-order valence-corrected chi connectivity index (χ3v) is 9.85. The van der Waals surface area contributed by atoms with Crippen molar-refractivity contribution in [3.05, 3.63) is 48.0 Å². The number of hydrogen-bond donors (Lipinski definition) is 8. The first-order chi connectivity index (χ1) is 23.1. The molecule has 0 radical (unpaired) electrons. The Morgan fingerprint density at radius 2 is 1.00 bits per heavy atom. The number of anilines is 3. The maximum atomic E-state index is 12.2. The summed E-state index contributed by atoms with van der Waals surface area (Å²) in [6.07, 6.45) is 0. The van der Waals surface area contributed by atoms with Crippen molar-refractivity contribution in [2.45, 2.75) is 26.5 Å². The van der Waals surface area contributed by atoms with Crippen molar-refractivity contribution < 1.29 is 69.6 Å². The zero-order valence-corrected chi connectivity index (χ0v) is 28.9. The van der Waals surface area contributed by atoms with Crippen LogP contribution >= 0.6 is 0 Å². The number of nitrogens with zero attached hydrogens (tertiary/aromatic N) is 4. The summed E-state index contributed by atoms with van der Waals surface area (Å²) in [5.74, 6) is -0.795. The summed E-state index contributed by atoms with van der Waals surface area (Å²) in [7, 11) is -23.5. The van der Waals surface area contributed by atoms with E-state index < -0.39 is 111 Å². The van der Waals surface area contributed by atoms with Crippen molar-refractivity contribution >= 4 is 102 Å². The number of benzene rings is 4. The second-order valence-corrected chi connectivity index (χ2v) is 15.7. The molecule has 0 aliphatic carbocycles. The van der Waals surface area contributed by atoms with Crippen molar-refractivity contribution in [2.24, 2.45) is 20.5 Å². The number of hydrogen-bond acceptors (Lipinski definition) is 19. The molecule has 0 saturated carbocycles. The molecule has 0 heterocycles. The predicted molar refractivity (Wildman–Crippen MR) is 174 cm³/mol. The quantitative estimate of drug-likeness (QED) is 0.0719. The highest BCUT2D eigenvalue weighted by Crippen LogP contribution is 2.46. The van der Waals surface area contributed by atoms with Crippen LogP contribution in [0, 0.1) is 6.92 Å². The summed E-state index contributed by atoms with van der Waals surface area (Å²) in [5.41, 5.74) is 13.8. The molecular weight excluding hydrogens is 791 g/mol. The molecule has 11 N–H and O–H groups in total. The Bertz CT molecular complexity index is 2750. The van der Waals surface area contributed by atoms with Gasteiger partial charge in [0, 0.05) is 5.69 Å². The number of phenols is 1. The normalized spacial score (nSPS) is 12.6. The first-order valence-electron chi connectivity index (χ1n) is 12.6. The van der Waals surface area contributed by atoms with E-state index in [2.05, 4.69) is 20.5 Å². The number of phenolic OH excluding ortho intramolecular Hbond substituents is 1. The van der Waals surface area contributed by atoms with Crippen LogP contribution in [0.5, 0.6) is 5.75 Å². The molecule has 4 rings (SSSR count). The number of azo groups is 2. The number of nitrogens with two attached hydrogens (primary N) is 3. The maximum Gasteiger partial charge on any atom is 0.425 e. The van der Waals surface area contributed by atoms with Gasteiger partial charge in [0.05, 0.1) is 16.8 Å². The summed E-state index contributed by atoms with van der Waals surface area (Å²) in [5, 5.41) is 25.1. The van der Waals surface area contributed by atoms with Gasteiger partial charge >= 0.3 is 10.6 Å². The Morgan fingerprint density at radius 3 is 1.49 bits per heavy atom. The molecule has 0 saturated heterocycles. The van der Waals surface area contributed by atoms with E-state index in [1.807, 2.05) is 0 Å². The molecule has 0 amide bonds. The fourth-order valence-electron chi connectivity index (χ4n) is 4.10. The highest BCUT2D eigenvalue weighted by Gasteiger charge is 2.26. The Labute approximate surface area is 288 Å². The van der Waals surface area contributed by atoms with Crippen molar-refractivity contribution in [1.29, 1.82) is 0 Å². The van der Waals surface area contributed by atoms with Crippen molar-refractivity contribution in [3.8, 4) is 5.75 Å². The number of aromatic hydroxyl groups is 1. The first kappa shape index (κ1) is 40.2. The molecule has 0 bridgehead atoms. The minimum atomic E-state index is -5.29. The molecule has 0 spiro atoms. The Hall–Kier alpha value is -5.20. The van der Waals surface area contributed by atoms with E-state index in [1.165, 1.54) is 6.92 Å². The number of nitrogen functional groups attached to an aromatic ring is 3. The highest BCUT2D eigenvalue weighted by molar-refractivity contribution is 7.87. The molecule has 0 fully saturated rings. The van der Waals surface area contributed by atoms with Crippen LogP contribution < -0.4 is 17.2 Å². The SMILES string of the molecule is Cc1cc(S(=O)(=O)O)c(N=Nc2ccc3cc(S(=O)(=O)O)c(N=Nc4cc(N)c(S(=O)(=O)O)cc4S(=O)(=O)O)c(N)c3c2O)cc1N.O=S(=O)=O. The molecular formula is C23H21N7O16S5. The van der Waals surface area contributed by atoms with Crippen LogP contribution in [0.1, 0.15) is 5.56 Å². The van der Waals surface area contributed by atoms with Gasteiger partial charge in [0.15, 0.2) is 5.75 Å². The van der Waals surface area contributed by atoms with E-state index >= 15 is 0 Å². The summed E-state index contributed by atoms with van der Waals surface area (Å²) in [6, 6.07) is 5.96. The second-order valence-electron chi connectivity index (χ2n) is 9.71. The van der Waals surface area contributed by atoms with Crippen LogP contribution in [-0.2, 0) is 51.1 Å². The zero-order valence-electron chi connectivity index (χ0n) is 24.8. The van der Waals surface area contributed by atoms with Crippen molar-refractivity contribution in [3.63, 3.8) is 0 Å². The van der Waals surface area contributed by atoms with Gasteiger partial charge < -0.3 is 22.3 Å². The zero-order chi connectivity index (χ0) is 39.0. The van der Waals surface area contributed by atoms with Crippen molar-refractivity contribution in [1.82, 2.24) is 0 Å². The van der Waals surface area contributed by atoms with Crippen molar-refractivity contribution in [2.75, 3.05) is 17.2 Å². The summed E-state index contributed by atoms with van der Waals surface area (Å²) in [4.78, 5) is -4.05. The van der Waals surface area contributed by atoms with Crippen LogP contribution in [0.2, 0.25) is 0 Å². The summed E-state index contributed by atoms with van der Waals surface area (Å²) in [6.45, 7) is 1.46. The van der Waals surface area contributed by atoms with E-state index in [9.17, 15) is 57.0 Å².